The maximum Gasteiger partial charge on any atom is 0.339 e. The van der Waals surface area contributed by atoms with E-state index in [9.17, 15) is 19.2 Å². The van der Waals surface area contributed by atoms with Gasteiger partial charge in [-0.1, -0.05) is 12.1 Å². The number of nitrogens with zero attached hydrogens (tertiary/aromatic N) is 4. The molecule has 0 spiro atoms. The molecule has 1 N–H and O–H groups in total. The molecule has 3 amide bonds. The van der Waals surface area contributed by atoms with Gasteiger partial charge >= 0.3 is 5.97 Å². The van der Waals surface area contributed by atoms with Crippen LogP contribution in [0.15, 0.2) is 30.5 Å². The average Bonchev–Trinajstić information content (AvgIpc) is 3.22. The van der Waals surface area contributed by atoms with Crippen molar-refractivity contribution in [3.8, 4) is 0 Å². The standard InChI is InChI=1S/C20H20N4O5/c1-12-16(20(28)29)10-21-24(12)13-6-8-22(9-7-13)17(25)11-23-18(26)14-4-2-3-5-15(14)19(23)27/h2-5,10,13H,6-9,11H2,1H3,(H,28,29). The molecule has 2 aliphatic heterocycles. The van der Waals surface area contributed by atoms with E-state index in [2.05, 4.69) is 5.10 Å². The smallest absolute Gasteiger partial charge is 0.339 e. The summed E-state index contributed by atoms with van der Waals surface area (Å²) >= 11 is 0. The predicted octanol–water partition coefficient (Wildman–Crippen LogP) is 1.35. The Labute approximate surface area is 166 Å². The van der Waals surface area contributed by atoms with E-state index in [-0.39, 0.29) is 24.1 Å². The van der Waals surface area contributed by atoms with Gasteiger partial charge in [0.1, 0.15) is 12.1 Å². The molecular weight excluding hydrogens is 376 g/mol. The average molecular weight is 396 g/mol. The number of carboxylic acids is 1. The lowest BCUT2D eigenvalue weighted by molar-refractivity contribution is -0.132. The van der Waals surface area contributed by atoms with Crippen LogP contribution in [0.5, 0.6) is 0 Å². The molecular formula is C20H20N4O5. The number of imide groups is 1. The fourth-order valence-corrected chi connectivity index (χ4v) is 3.98. The van der Waals surface area contributed by atoms with Gasteiger partial charge in [-0.3, -0.25) is 24.0 Å². The fraction of sp³-hybridized carbons (Fsp3) is 0.350. The minimum atomic E-state index is -1.01. The topological polar surface area (TPSA) is 113 Å². The molecule has 0 aliphatic carbocycles. The third-order valence-electron chi connectivity index (χ3n) is 5.61. The lowest BCUT2D eigenvalue weighted by Gasteiger charge is -2.33. The first kappa shape index (κ1) is 18.9. The number of hydrogen-bond donors (Lipinski definition) is 1. The molecule has 150 valence electrons. The van der Waals surface area contributed by atoms with Gasteiger partial charge in [0.15, 0.2) is 0 Å². The number of carboxylic acid groups (broad SMARTS) is 1. The Kier molecular flexibility index (Phi) is 4.65. The minimum absolute atomic E-state index is 0.00598. The Bertz CT molecular complexity index is 985. The molecule has 9 heteroatoms. The second kappa shape index (κ2) is 7.16. The number of piperidine rings is 1. The van der Waals surface area contributed by atoms with Crippen molar-refractivity contribution in [2.75, 3.05) is 19.6 Å². The fourth-order valence-electron chi connectivity index (χ4n) is 3.98. The van der Waals surface area contributed by atoms with Crippen LogP contribution in [-0.4, -0.2) is 68.0 Å². The number of aromatic nitrogens is 2. The highest BCUT2D eigenvalue weighted by Gasteiger charge is 2.37. The molecule has 1 saturated heterocycles. The first-order chi connectivity index (χ1) is 13.9. The Balaban J connectivity index is 1.38. The number of fused-ring (bicyclic) bond motifs is 1. The minimum Gasteiger partial charge on any atom is -0.478 e. The van der Waals surface area contributed by atoms with Gasteiger partial charge in [-0.2, -0.15) is 5.10 Å². The van der Waals surface area contributed by atoms with E-state index in [1.807, 2.05) is 0 Å². The van der Waals surface area contributed by atoms with Crippen molar-refractivity contribution in [2.45, 2.75) is 25.8 Å². The number of benzene rings is 1. The van der Waals surface area contributed by atoms with Crippen LogP contribution in [0.2, 0.25) is 0 Å². The molecule has 2 aromatic rings. The monoisotopic (exact) mass is 396 g/mol. The summed E-state index contributed by atoms with van der Waals surface area (Å²) in [7, 11) is 0. The third-order valence-corrected chi connectivity index (χ3v) is 5.61. The molecule has 2 aliphatic rings. The molecule has 0 saturated carbocycles. The van der Waals surface area contributed by atoms with Crippen LogP contribution in [-0.2, 0) is 4.79 Å². The van der Waals surface area contributed by atoms with E-state index >= 15 is 0 Å². The van der Waals surface area contributed by atoms with Crippen molar-refractivity contribution in [3.63, 3.8) is 0 Å². The van der Waals surface area contributed by atoms with Crippen molar-refractivity contribution >= 4 is 23.7 Å². The maximum absolute atomic E-state index is 12.7. The SMILES string of the molecule is Cc1c(C(=O)O)cnn1C1CCN(C(=O)CN2C(=O)c3ccccc3C2=O)CC1. The van der Waals surface area contributed by atoms with Gasteiger partial charge in [0.2, 0.25) is 5.91 Å². The normalized spacial score (nSPS) is 17.0. The molecule has 3 heterocycles. The van der Waals surface area contributed by atoms with Crippen molar-refractivity contribution in [1.29, 1.82) is 0 Å². The van der Waals surface area contributed by atoms with E-state index in [0.717, 1.165) is 4.90 Å². The van der Waals surface area contributed by atoms with Crippen LogP contribution in [0.1, 0.15) is 55.7 Å². The van der Waals surface area contributed by atoms with Crippen molar-refractivity contribution in [3.05, 3.63) is 52.8 Å². The quantitative estimate of drug-likeness (QED) is 0.781. The maximum atomic E-state index is 12.7. The molecule has 0 bridgehead atoms. The van der Waals surface area contributed by atoms with Crippen LogP contribution in [0.3, 0.4) is 0 Å². The second-order valence-electron chi connectivity index (χ2n) is 7.25. The molecule has 1 fully saturated rings. The van der Waals surface area contributed by atoms with Gasteiger partial charge in [0, 0.05) is 13.1 Å². The molecule has 1 aromatic carbocycles. The molecule has 1 aromatic heterocycles. The van der Waals surface area contributed by atoms with Gasteiger partial charge in [0.05, 0.1) is 29.1 Å². The van der Waals surface area contributed by atoms with Gasteiger partial charge in [-0.05, 0) is 31.9 Å². The first-order valence-corrected chi connectivity index (χ1v) is 9.39. The number of carbonyl (C=O) groups is 4. The highest BCUT2D eigenvalue weighted by Crippen LogP contribution is 2.26. The number of rotatable bonds is 4. The molecule has 0 atom stereocenters. The highest BCUT2D eigenvalue weighted by atomic mass is 16.4. The Morgan fingerprint density at radius 3 is 2.21 bits per heavy atom. The number of amides is 3. The number of likely N-dealkylation sites (tertiary alicyclic amines) is 1. The van der Waals surface area contributed by atoms with Crippen LogP contribution >= 0.6 is 0 Å². The van der Waals surface area contributed by atoms with Crippen molar-refractivity contribution < 1.29 is 24.3 Å². The van der Waals surface area contributed by atoms with Crippen molar-refractivity contribution in [1.82, 2.24) is 19.6 Å². The lowest BCUT2D eigenvalue weighted by atomic mass is 10.0. The summed E-state index contributed by atoms with van der Waals surface area (Å²) in [4.78, 5) is 51.4. The summed E-state index contributed by atoms with van der Waals surface area (Å²) in [6.45, 7) is 2.35. The van der Waals surface area contributed by atoms with E-state index in [4.69, 9.17) is 5.11 Å². The van der Waals surface area contributed by atoms with Gasteiger partial charge in [-0.15, -0.1) is 0 Å². The van der Waals surface area contributed by atoms with Crippen molar-refractivity contribution in [2.24, 2.45) is 0 Å². The first-order valence-electron chi connectivity index (χ1n) is 9.39. The Morgan fingerprint density at radius 2 is 1.69 bits per heavy atom. The van der Waals surface area contributed by atoms with Crippen LogP contribution in [0.4, 0.5) is 0 Å². The third kappa shape index (κ3) is 3.18. The molecule has 9 nitrogen and oxygen atoms in total. The summed E-state index contributed by atoms with van der Waals surface area (Å²) in [5.74, 6) is -2.17. The molecule has 4 rings (SSSR count). The van der Waals surface area contributed by atoms with Gasteiger partial charge in [0.25, 0.3) is 11.8 Å². The Hall–Kier alpha value is -3.49. The van der Waals surface area contributed by atoms with E-state index in [1.165, 1.54) is 6.20 Å². The van der Waals surface area contributed by atoms with Crippen LogP contribution < -0.4 is 0 Å². The summed E-state index contributed by atoms with van der Waals surface area (Å²) in [6.07, 6.45) is 2.59. The zero-order chi connectivity index (χ0) is 20.7. The summed E-state index contributed by atoms with van der Waals surface area (Å²) < 4.78 is 1.70. The van der Waals surface area contributed by atoms with E-state index in [1.54, 1.807) is 40.8 Å². The van der Waals surface area contributed by atoms with Crippen LogP contribution in [0.25, 0.3) is 0 Å². The molecule has 0 unspecified atom stereocenters. The van der Waals surface area contributed by atoms with E-state index < -0.39 is 17.8 Å². The number of carbonyl (C=O) groups excluding carboxylic acids is 3. The number of aromatic carboxylic acids is 1. The van der Waals surface area contributed by atoms with Gasteiger partial charge in [-0.25, -0.2) is 4.79 Å². The van der Waals surface area contributed by atoms with Gasteiger partial charge < -0.3 is 10.0 Å². The summed E-state index contributed by atoms with van der Waals surface area (Å²) in [5, 5.41) is 13.4. The predicted molar refractivity (Wildman–Crippen MR) is 101 cm³/mol. The molecule has 0 radical (unpaired) electrons. The Morgan fingerprint density at radius 1 is 1.10 bits per heavy atom. The van der Waals surface area contributed by atoms with E-state index in [0.29, 0.717) is 42.8 Å². The summed E-state index contributed by atoms with van der Waals surface area (Å²) in [6, 6.07) is 6.55. The summed E-state index contributed by atoms with van der Waals surface area (Å²) in [5.41, 5.74) is 1.42. The zero-order valence-corrected chi connectivity index (χ0v) is 15.9. The zero-order valence-electron chi connectivity index (χ0n) is 15.9. The van der Waals surface area contributed by atoms with Crippen LogP contribution in [0, 0.1) is 6.92 Å². The molecule has 29 heavy (non-hydrogen) atoms. The lowest BCUT2D eigenvalue weighted by Crippen LogP contribution is -2.46. The highest BCUT2D eigenvalue weighted by molar-refractivity contribution is 6.22. The number of hydrogen-bond acceptors (Lipinski definition) is 5. The second-order valence-corrected chi connectivity index (χ2v) is 7.25. The largest absolute Gasteiger partial charge is 0.478 e.